The number of carbonyl (C=O) groups excluding carboxylic acids is 2. The first-order valence-electron chi connectivity index (χ1n) is 8.31. The fourth-order valence-electron chi connectivity index (χ4n) is 3.01. The molecule has 136 valence electrons. The molecule has 2 heterocycles. The molecule has 1 aliphatic heterocycles. The Morgan fingerprint density at radius 3 is 2.70 bits per heavy atom. The lowest BCUT2D eigenvalue weighted by Crippen LogP contribution is -2.28. The molecule has 8 nitrogen and oxygen atoms in total. The summed E-state index contributed by atoms with van der Waals surface area (Å²) in [7, 11) is 0. The number of nitrogens with zero attached hydrogens (tertiary/aromatic N) is 5. The number of amides is 2. The Bertz CT molecular complexity index is 977. The van der Waals surface area contributed by atoms with Gasteiger partial charge in [0, 0.05) is 18.7 Å². The van der Waals surface area contributed by atoms with Crippen LogP contribution in [-0.4, -0.2) is 38.6 Å². The minimum Gasteiger partial charge on any atom is -0.324 e. The Hall–Kier alpha value is -3.26. The van der Waals surface area contributed by atoms with Gasteiger partial charge in [-0.1, -0.05) is 29.8 Å². The third-order valence-corrected chi connectivity index (χ3v) is 4.71. The predicted molar refractivity (Wildman–Crippen MR) is 99.7 cm³/mol. The molecule has 0 saturated carbocycles. The molecule has 1 aromatic heterocycles. The van der Waals surface area contributed by atoms with Crippen LogP contribution in [0.3, 0.4) is 0 Å². The van der Waals surface area contributed by atoms with Crippen molar-refractivity contribution in [2.75, 3.05) is 16.8 Å². The highest BCUT2D eigenvalue weighted by Crippen LogP contribution is 2.28. The van der Waals surface area contributed by atoms with Crippen LogP contribution in [0.2, 0.25) is 5.02 Å². The zero-order valence-corrected chi connectivity index (χ0v) is 14.9. The molecule has 4 rings (SSSR count). The molecule has 2 amide bonds. The summed E-state index contributed by atoms with van der Waals surface area (Å²) in [5.41, 5.74) is 1.89. The summed E-state index contributed by atoms with van der Waals surface area (Å²) in [5.74, 6) is -0.780. The van der Waals surface area contributed by atoms with Gasteiger partial charge < -0.3 is 10.2 Å². The van der Waals surface area contributed by atoms with Gasteiger partial charge in [-0.15, -0.1) is 5.10 Å². The topological polar surface area (TPSA) is 93.0 Å². The molecule has 0 unspecified atom stereocenters. The number of tetrazole rings is 1. The summed E-state index contributed by atoms with van der Waals surface area (Å²) in [6, 6.07) is 14.4. The van der Waals surface area contributed by atoms with Crippen molar-refractivity contribution < 1.29 is 9.59 Å². The lowest BCUT2D eigenvalue weighted by atomic mass is 10.1. The number of aromatic nitrogens is 4. The zero-order valence-electron chi connectivity index (χ0n) is 14.1. The fourth-order valence-corrected chi connectivity index (χ4v) is 3.17. The van der Waals surface area contributed by atoms with Crippen LogP contribution in [0.4, 0.5) is 11.4 Å². The largest absolute Gasteiger partial charge is 0.324 e. The average Bonchev–Trinajstić information content (AvgIpc) is 3.34. The van der Waals surface area contributed by atoms with Crippen molar-refractivity contribution >= 4 is 34.8 Å². The number of para-hydroxylation sites is 1. The molecule has 27 heavy (non-hydrogen) atoms. The molecule has 0 radical (unpaired) electrons. The summed E-state index contributed by atoms with van der Waals surface area (Å²) in [6.07, 6.45) is 1.60. The molecule has 1 N–H and O–H groups in total. The maximum absolute atomic E-state index is 12.7. The van der Waals surface area contributed by atoms with E-state index in [0.29, 0.717) is 22.9 Å². The molecule has 9 heteroatoms. The highest BCUT2D eigenvalue weighted by Gasteiger charge is 2.35. The van der Waals surface area contributed by atoms with E-state index in [1.165, 1.54) is 11.0 Å². The summed E-state index contributed by atoms with van der Waals surface area (Å²) in [4.78, 5) is 26.6. The van der Waals surface area contributed by atoms with Crippen molar-refractivity contribution in [2.24, 2.45) is 5.92 Å². The third-order valence-electron chi connectivity index (χ3n) is 4.39. The van der Waals surface area contributed by atoms with Gasteiger partial charge in [-0.2, -0.15) is 0 Å². The molecule has 3 aromatic rings. The van der Waals surface area contributed by atoms with Crippen LogP contribution in [0.1, 0.15) is 6.42 Å². The predicted octanol–water partition coefficient (Wildman–Crippen LogP) is 2.31. The zero-order chi connectivity index (χ0) is 18.8. The van der Waals surface area contributed by atoms with Gasteiger partial charge in [-0.25, -0.2) is 4.68 Å². The lowest BCUT2D eigenvalue weighted by molar-refractivity contribution is -0.122. The molecule has 0 bridgehead atoms. The summed E-state index contributed by atoms with van der Waals surface area (Å²) >= 11 is 6.21. The summed E-state index contributed by atoms with van der Waals surface area (Å²) in [5, 5.41) is 14.2. The number of nitrogens with one attached hydrogen (secondary N) is 1. The smallest absolute Gasteiger partial charge is 0.229 e. The molecule has 1 fully saturated rings. The van der Waals surface area contributed by atoms with Crippen molar-refractivity contribution in [3.63, 3.8) is 0 Å². The first-order valence-corrected chi connectivity index (χ1v) is 8.69. The van der Waals surface area contributed by atoms with Crippen LogP contribution >= 0.6 is 11.6 Å². The molecular weight excluding hydrogens is 368 g/mol. The molecule has 1 atom stereocenters. The number of benzene rings is 2. The Kier molecular flexibility index (Phi) is 4.55. The molecule has 1 aliphatic rings. The third kappa shape index (κ3) is 3.52. The molecule has 2 aromatic carbocycles. The van der Waals surface area contributed by atoms with Crippen molar-refractivity contribution in [2.45, 2.75) is 6.42 Å². The van der Waals surface area contributed by atoms with Gasteiger partial charge in [-0.05, 0) is 40.8 Å². The SMILES string of the molecule is O=C(Nc1cc(-n2cnnn2)ccc1Cl)[C@H]1CC(=O)N(c2ccccc2)C1. The number of rotatable bonds is 4. The first-order chi connectivity index (χ1) is 13.1. The minimum atomic E-state index is -0.453. The van der Waals surface area contributed by atoms with E-state index in [-0.39, 0.29) is 18.2 Å². The second kappa shape index (κ2) is 7.16. The average molecular weight is 383 g/mol. The van der Waals surface area contributed by atoms with E-state index in [0.717, 1.165) is 5.69 Å². The minimum absolute atomic E-state index is 0.0742. The van der Waals surface area contributed by atoms with E-state index >= 15 is 0 Å². The summed E-state index contributed by atoms with van der Waals surface area (Å²) < 4.78 is 1.46. The first kappa shape index (κ1) is 17.2. The summed E-state index contributed by atoms with van der Waals surface area (Å²) in [6.45, 7) is 0.332. The lowest BCUT2D eigenvalue weighted by Gasteiger charge is -2.17. The van der Waals surface area contributed by atoms with Crippen molar-refractivity contribution in [3.05, 3.63) is 59.9 Å². The van der Waals surface area contributed by atoms with Gasteiger partial charge in [0.05, 0.1) is 22.3 Å². The fraction of sp³-hybridized carbons (Fsp3) is 0.167. The molecular formula is C18H15ClN6O2. The number of halogens is 1. The Morgan fingerprint density at radius 2 is 1.96 bits per heavy atom. The van der Waals surface area contributed by atoms with Crippen LogP contribution in [0, 0.1) is 5.92 Å². The van der Waals surface area contributed by atoms with Gasteiger partial charge in [0.2, 0.25) is 11.8 Å². The van der Waals surface area contributed by atoms with Gasteiger partial charge in [-0.3, -0.25) is 9.59 Å². The van der Waals surface area contributed by atoms with Crippen LogP contribution < -0.4 is 10.2 Å². The normalized spacial score (nSPS) is 16.6. The second-order valence-corrected chi connectivity index (χ2v) is 6.56. The van der Waals surface area contributed by atoms with E-state index in [2.05, 4.69) is 20.8 Å². The van der Waals surface area contributed by atoms with Gasteiger partial charge in [0.25, 0.3) is 0 Å². The highest BCUT2D eigenvalue weighted by molar-refractivity contribution is 6.33. The highest BCUT2D eigenvalue weighted by atomic mass is 35.5. The molecule has 1 saturated heterocycles. The van der Waals surface area contributed by atoms with Gasteiger partial charge in [0.15, 0.2) is 0 Å². The quantitative estimate of drug-likeness (QED) is 0.747. The second-order valence-electron chi connectivity index (χ2n) is 6.15. The van der Waals surface area contributed by atoms with Crippen molar-refractivity contribution in [1.29, 1.82) is 0 Å². The maximum atomic E-state index is 12.7. The van der Waals surface area contributed by atoms with Gasteiger partial charge in [0.1, 0.15) is 6.33 Å². The van der Waals surface area contributed by atoms with E-state index in [4.69, 9.17) is 11.6 Å². The van der Waals surface area contributed by atoms with Crippen molar-refractivity contribution in [1.82, 2.24) is 20.2 Å². The molecule has 0 spiro atoms. The van der Waals surface area contributed by atoms with Crippen LogP contribution in [-0.2, 0) is 9.59 Å². The number of carbonyl (C=O) groups is 2. The standard InChI is InChI=1S/C18H15ClN6O2/c19-15-7-6-14(25-11-20-22-23-25)9-16(15)21-18(27)12-8-17(26)24(10-12)13-4-2-1-3-5-13/h1-7,9,11-12H,8,10H2,(H,21,27)/t12-/m0/s1. The Balaban J connectivity index is 1.50. The van der Waals surface area contributed by atoms with E-state index in [1.807, 2.05) is 30.3 Å². The Labute approximate surface area is 159 Å². The number of hydrogen-bond acceptors (Lipinski definition) is 5. The van der Waals surface area contributed by atoms with E-state index < -0.39 is 5.92 Å². The van der Waals surface area contributed by atoms with Gasteiger partial charge >= 0.3 is 0 Å². The maximum Gasteiger partial charge on any atom is 0.229 e. The molecule has 0 aliphatic carbocycles. The number of hydrogen-bond donors (Lipinski definition) is 1. The van der Waals surface area contributed by atoms with E-state index in [9.17, 15) is 9.59 Å². The van der Waals surface area contributed by atoms with Crippen LogP contribution in [0.25, 0.3) is 5.69 Å². The monoisotopic (exact) mass is 382 g/mol. The Morgan fingerprint density at radius 1 is 1.15 bits per heavy atom. The number of anilines is 2. The van der Waals surface area contributed by atoms with Crippen LogP contribution in [0.5, 0.6) is 0 Å². The van der Waals surface area contributed by atoms with Crippen molar-refractivity contribution in [3.8, 4) is 5.69 Å². The van der Waals surface area contributed by atoms with E-state index in [1.54, 1.807) is 23.1 Å². The van der Waals surface area contributed by atoms with Crippen LogP contribution in [0.15, 0.2) is 54.9 Å².